The molecule has 0 aromatic rings. The number of carbonyl (C=O) groups excluding carboxylic acids is 1. The Hall–Kier alpha value is -0.0800. The van der Waals surface area contributed by atoms with E-state index in [2.05, 4.69) is 0 Å². The molecule has 1 saturated heterocycles. The highest BCUT2D eigenvalue weighted by atomic mass is 35.5. The molecule has 1 rings (SSSR count). The molecule has 0 aliphatic carbocycles. The maximum Gasteiger partial charge on any atom is 0.137 e. The van der Waals surface area contributed by atoms with Crippen molar-refractivity contribution in [2.45, 2.75) is 19.3 Å². The van der Waals surface area contributed by atoms with E-state index < -0.39 is 0 Å². The second-order valence-corrected chi connectivity index (χ2v) is 3.17. The van der Waals surface area contributed by atoms with E-state index >= 15 is 0 Å². The Bertz CT molecular complexity index is 130. The Morgan fingerprint density at radius 1 is 1.45 bits per heavy atom. The number of Topliss-reactive ketones (excluding diaryl/α,β-unsaturated/α-hetero) is 1. The number of ketones is 1. The van der Waals surface area contributed by atoms with Gasteiger partial charge in [-0.3, -0.25) is 4.79 Å². The Morgan fingerprint density at radius 2 is 2.09 bits per heavy atom. The third kappa shape index (κ3) is 2.80. The van der Waals surface area contributed by atoms with Gasteiger partial charge < -0.3 is 4.74 Å². The summed E-state index contributed by atoms with van der Waals surface area (Å²) in [4.78, 5) is 11.3. The van der Waals surface area contributed by atoms with Gasteiger partial charge in [-0.1, -0.05) is 0 Å². The van der Waals surface area contributed by atoms with Gasteiger partial charge in [-0.2, -0.15) is 0 Å². The van der Waals surface area contributed by atoms with Gasteiger partial charge in [-0.15, -0.1) is 11.6 Å². The van der Waals surface area contributed by atoms with Gasteiger partial charge in [0.25, 0.3) is 0 Å². The van der Waals surface area contributed by atoms with Gasteiger partial charge >= 0.3 is 0 Å². The fraction of sp³-hybridized carbons (Fsp3) is 0.875. The fourth-order valence-corrected chi connectivity index (χ4v) is 1.50. The molecule has 0 N–H and O–H groups in total. The summed E-state index contributed by atoms with van der Waals surface area (Å²) in [5, 5.41) is 0. The number of hydrogen-bond donors (Lipinski definition) is 0. The highest BCUT2D eigenvalue weighted by Gasteiger charge is 2.20. The van der Waals surface area contributed by atoms with E-state index in [-0.39, 0.29) is 5.92 Å². The summed E-state index contributed by atoms with van der Waals surface area (Å²) in [5.74, 6) is 0.988. The van der Waals surface area contributed by atoms with Crippen molar-refractivity contribution in [1.82, 2.24) is 0 Å². The third-order valence-corrected chi connectivity index (χ3v) is 2.21. The second kappa shape index (κ2) is 4.73. The monoisotopic (exact) mass is 176 g/mol. The van der Waals surface area contributed by atoms with E-state index in [0.717, 1.165) is 26.1 Å². The third-order valence-electron chi connectivity index (χ3n) is 2.02. The highest BCUT2D eigenvalue weighted by Crippen LogP contribution is 2.17. The maximum atomic E-state index is 11.3. The lowest BCUT2D eigenvalue weighted by molar-refractivity contribution is -0.125. The number of ether oxygens (including phenoxy) is 1. The van der Waals surface area contributed by atoms with Crippen LogP contribution in [0.25, 0.3) is 0 Å². The number of halogens is 1. The summed E-state index contributed by atoms with van der Waals surface area (Å²) in [5.41, 5.74) is 0. The Labute approximate surface area is 71.9 Å². The molecule has 1 aliphatic heterocycles. The topological polar surface area (TPSA) is 26.3 Å². The molecule has 0 aromatic heterocycles. The van der Waals surface area contributed by atoms with Crippen LogP contribution in [0, 0.1) is 5.92 Å². The van der Waals surface area contributed by atoms with Gasteiger partial charge in [-0.05, 0) is 12.8 Å². The minimum absolute atomic E-state index is 0.225. The van der Waals surface area contributed by atoms with E-state index in [1.807, 2.05) is 0 Å². The van der Waals surface area contributed by atoms with Crippen LogP contribution in [0.15, 0.2) is 0 Å². The highest BCUT2D eigenvalue weighted by molar-refractivity contribution is 6.19. The molecular formula is C8H13ClO2. The molecule has 0 unspecified atom stereocenters. The zero-order valence-corrected chi connectivity index (χ0v) is 7.27. The van der Waals surface area contributed by atoms with Crippen LogP contribution in [-0.4, -0.2) is 24.9 Å². The van der Waals surface area contributed by atoms with Crippen LogP contribution in [0.2, 0.25) is 0 Å². The van der Waals surface area contributed by atoms with E-state index in [1.54, 1.807) is 0 Å². The van der Waals surface area contributed by atoms with Crippen LogP contribution >= 0.6 is 11.6 Å². The average Bonchev–Trinajstić information content (AvgIpc) is 2.07. The van der Waals surface area contributed by atoms with Crippen molar-refractivity contribution >= 4 is 17.4 Å². The van der Waals surface area contributed by atoms with E-state index in [4.69, 9.17) is 16.3 Å². The molecule has 0 amide bonds. The van der Waals surface area contributed by atoms with Crippen LogP contribution < -0.4 is 0 Å². The van der Waals surface area contributed by atoms with Crippen LogP contribution in [-0.2, 0) is 9.53 Å². The Morgan fingerprint density at radius 3 is 2.64 bits per heavy atom. The van der Waals surface area contributed by atoms with E-state index in [1.165, 1.54) is 0 Å². The molecule has 1 fully saturated rings. The van der Waals surface area contributed by atoms with Crippen molar-refractivity contribution in [3.8, 4) is 0 Å². The van der Waals surface area contributed by atoms with Crippen molar-refractivity contribution in [1.29, 1.82) is 0 Å². The molecule has 3 heteroatoms. The zero-order valence-electron chi connectivity index (χ0n) is 6.51. The van der Waals surface area contributed by atoms with E-state index in [0.29, 0.717) is 18.1 Å². The summed E-state index contributed by atoms with van der Waals surface area (Å²) in [6, 6.07) is 0. The normalized spacial score (nSPS) is 20.1. The minimum atomic E-state index is 0.225. The molecule has 1 aliphatic rings. The molecule has 0 spiro atoms. The predicted octanol–water partition coefficient (Wildman–Crippen LogP) is 1.61. The fourth-order valence-electron chi connectivity index (χ4n) is 1.32. The second-order valence-electron chi connectivity index (χ2n) is 2.79. The zero-order chi connectivity index (χ0) is 8.10. The first-order valence-corrected chi connectivity index (χ1v) is 4.54. The van der Waals surface area contributed by atoms with Crippen molar-refractivity contribution in [3.05, 3.63) is 0 Å². The smallest absolute Gasteiger partial charge is 0.137 e. The Kier molecular flexibility index (Phi) is 3.87. The van der Waals surface area contributed by atoms with Gasteiger partial charge in [0, 0.05) is 31.4 Å². The molecule has 1 heterocycles. The Balaban J connectivity index is 2.27. The van der Waals surface area contributed by atoms with Crippen LogP contribution in [0.1, 0.15) is 19.3 Å². The molecule has 11 heavy (non-hydrogen) atoms. The van der Waals surface area contributed by atoms with Gasteiger partial charge in [0.2, 0.25) is 0 Å². The summed E-state index contributed by atoms with van der Waals surface area (Å²) < 4.78 is 5.14. The lowest BCUT2D eigenvalue weighted by Gasteiger charge is -2.20. The molecule has 0 bridgehead atoms. The van der Waals surface area contributed by atoms with Gasteiger partial charge in [0.15, 0.2) is 0 Å². The quantitative estimate of drug-likeness (QED) is 0.611. The summed E-state index contributed by atoms with van der Waals surface area (Å²) in [6.07, 6.45) is 2.29. The molecule has 2 nitrogen and oxygen atoms in total. The predicted molar refractivity (Wildman–Crippen MR) is 43.9 cm³/mol. The lowest BCUT2D eigenvalue weighted by Crippen LogP contribution is -2.23. The van der Waals surface area contributed by atoms with Crippen molar-refractivity contribution < 1.29 is 9.53 Å². The van der Waals surface area contributed by atoms with Gasteiger partial charge in [-0.25, -0.2) is 0 Å². The van der Waals surface area contributed by atoms with Crippen molar-refractivity contribution in [2.24, 2.45) is 5.92 Å². The molecular weight excluding hydrogens is 164 g/mol. The van der Waals surface area contributed by atoms with Crippen LogP contribution in [0.5, 0.6) is 0 Å². The molecule has 0 saturated carbocycles. The first-order valence-electron chi connectivity index (χ1n) is 4.01. The van der Waals surface area contributed by atoms with Crippen LogP contribution in [0.3, 0.4) is 0 Å². The van der Waals surface area contributed by atoms with Crippen molar-refractivity contribution in [2.75, 3.05) is 19.1 Å². The van der Waals surface area contributed by atoms with Crippen LogP contribution in [0.4, 0.5) is 0 Å². The number of alkyl halides is 1. The largest absolute Gasteiger partial charge is 0.381 e. The molecule has 0 aromatic carbocycles. The van der Waals surface area contributed by atoms with Gasteiger partial charge in [0.1, 0.15) is 5.78 Å². The number of carbonyl (C=O) groups is 1. The lowest BCUT2D eigenvalue weighted by atomic mass is 9.94. The van der Waals surface area contributed by atoms with Crippen molar-refractivity contribution in [3.63, 3.8) is 0 Å². The molecule has 0 atom stereocenters. The summed E-state index contributed by atoms with van der Waals surface area (Å²) >= 11 is 5.46. The van der Waals surface area contributed by atoms with E-state index in [9.17, 15) is 4.79 Å². The van der Waals surface area contributed by atoms with Gasteiger partial charge in [0.05, 0.1) is 0 Å². The average molecular weight is 177 g/mol. The summed E-state index contributed by atoms with van der Waals surface area (Å²) in [6.45, 7) is 1.47. The molecule has 0 radical (unpaired) electrons. The standard InChI is InChI=1S/C8H13ClO2/c9-4-1-8(10)7-2-5-11-6-3-7/h7H,1-6H2. The summed E-state index contributed by atoms with van der Waals surface area (Å²) in [7, 11) is 0. The first kappa shape index (κ1) is 9.01. The SMILES string of the molecule is O=C(CCCl)C1CCOCC1. The first-order chi connectivity index (χ1) is 5.34. The molecule has 64 valence electrons. The number of hydrogen-bond acceptors (Lipinski definition) is 2. The minimum Gasteiger partial charge on any atom is -0.381 e. The maximum absolute atomic E-state index is 11.3. The number of rotatable bonds is 3.